The van der Waals surface area contributed by atoms with Crippen molar-refractivity contribution in [3.8, 4) is 0 Å². The van der Waals surface area contributed by atoms with Crippen LogP contribution in [0, 0.1) is 0 Å². The zero-order valence-electron chi connectivity index (χ0n) is 8.88. The Morgan fingerprint density at radius 3 is 1.28 bits per heavy atom. The van der Waals surface area contributed by atoms with Crippen LogP contribution in [-0.4, -0.2) is 29.7 Å². The molecular formula is C8H10F6O2S2. The number of hydrogen-bond acceptors (Lipinski definition) is 2. The van der Waals surface area contributed by atoms with Crippen molar-refractivity contribution >= 4 is 30.6 Å². The summed E-state index contributed by atoms with van der Waals surface area (Å²) >= 11 is 0. The highest BCUT2D eigenvalue weighted by atomic mass is 32.3. The van der Waals surface area contributed by atoms with Crippen LogP contribution in [0.5, 0.6) is 0 Å². The lowest BCUT2D eigenvalue weighted by atomic mass is 10.00. The van der Waals surface area contributed by atoms with Gasteiger partial charge in [-0.15, -0.1) is 7.77 Å². The number of hydrogen-bond donors (Lipinski definition) is 0. The second-order valence-electron chi connectivity index (χ2n) is 3.87. The van der Waals surface area contributed by atoms with Crippen LogP contribution in [0.4, 0.5) is 25.3 Å². The first-order valence-electron chi connectivity index (χ1n) is 4.93. The quantitative estimate of drug-likeness (QED) is 0.446. The molecule has 4 unspecified atom stereocenters. The van der Waals surface area contributed by atoms with Gasteiger partial charge in [0.05, 0.1) is 10.5 Å². The molecule has 0 N–H and O–H groups in total. The van der Waals surface area contributed by atoms with Gasteiger partial charge in [-0.3, -0.25) is 0 Å². The molecule has 1 fully saturated rings. The van der Waals surface area contributed by atoms with Crippen molar-refractivity contribution in [3.05, 3.63) is 0 Å². The first kappa shape index (κ1) is 15.7. The van der Waals surface area contributed by atoms with E-state index in [9.17, 15) is 33.8 Å². The molecule has 0 amide bonds. The summed E-state index contributed by atoms with van der Waals surface area (Å²) in [5, 5.41) is -10.5. The first-order chi connectivity index (χ1) is 8.11. The van der Waals surface area contributed by atoms with Crippen LogP contribution in [0.1, 0.15) is 25.7 Å². The molecule has 0 heterocycles. The van der Waals surface area contributed by atoms with E-state index in [-0.39, 0.29) is 12.8 Å². The van der Waals surface area contributed by atoms with E-state index in [0.717, 1.165) is 0 Å². The van der Waals surface area contributed by atoms with Crippen molar-refractivity contribution in [1.29, 1.82) is 0 Å². The third kappa shape index (κ3) is 2.79. The van der Waals surface area contributed by atoms with E-state index < -0.39 is 53.9 Å². The van der Waals surface area contributed by atoms with E-state index in [1.807, 2.05) is 0 Å². The Kier molecular flexibility index (Phi) is 4.63. The summed E-state index contributed by atoms with van der Waals surface area (Å²) in [5.74, 6) is 0. The smallest absolute Gasteiger partial charge is 0.230 e. The van der Waals surface area contributed by atoms with Gasteiger partial charge in [-0.1, -0.05) is 12.8 Å². The van der Waals surface area contributed by atoms with E-state index in [1.54, 1.807) is 0 Å². The van der Waals surface area contributed by atoms with E-state index in [4.69, 9.17) is 0 Å². The zero-order valence-corrected chi connectivity index (χ0v) is 10.5. The largest absolute Gasteiger partial charge is 0.351 e. The summed E-state index contributed by atoms with van der Waals surface area (Å²) in [4.78, 5) is 0. The summed E-state index contributed by atoms with van der Waals surface area (Å²) in [5.41, 5.74) is 0. The second kappa shape index (κ2) is 5.32. The van der Waals surface area contributed by atoms with Gasteiger partial charge in [-0.25, -0.2) is 8.42 Å². The fraction of sp³-hybridized carbons (Fsp3) is 0.750. The molecule has 1 aliphatic rings. The predicted octanol–water partition coefficient (Wildman–Crippen LogP) is 2.69. The van der Waals surface area contributed by atoms with Crippen LogP contribution in [0.25, 0.3) is 0 Å². The van der Waals surface area contributed by atoms with Crippen molar-refractivity contribution in [1.82, 2.24) is 0 Å². The maximum absolute atomic E-state index is 13.3. The summed E-state index contributed by atoms with van der Waals surface area (Å²) in [6.45, 7) is 0. The molecule has 108 valence electrons. The first-order valence-corrected chi connectivity index (χ1v) is 7.97. The minimum Gasteiger partial charge on any atom is -0.230 e. The molecule has 0 spiro atoms. The lowest BCUT2D eigenvalue weighted by Gasteiger charge is -2.29. The predicted molar refractivity (Wildman–Crippen MR) is 59.0 cm³/mol. The Morgan fingerprint density at radius 1 is 0.778 bits per heavy atom. The molecular weight excluding hydrogens is 306 g/mol. The third-order valence-corrected chi connectivity index (χ3v) is 6.54. The Labute approximate surface area is 101 Å². The molecule has 10 heteroatoms. The van der Waals surface area contributed by atoms with Gasteiger partial charge in [-0.2, -0.15) is 17.6 Å². The van der Waals surface area contributed by atoms with Crippen LogP contribution in [0.15, 0.2) is 0 Å². The fourth-order valence-corrected chi connectivity index (χ4v) is 5.29. The fourth-order valence-electron chi connectivity index (χ4n) is 1.99. The molecule has 0 saturated heterocycles. The molecule has 0 radical (unpaired) electrons. The van der Waals surface area contributed by atoms with Crippen LogP contribution < -0.4 is 0 Å². The van der Waals surface area contributed by atoms with Gasteiger partial charge in [0.2, 0.25) is 0 Å². The monoisotopic (exact) mass is 316 g/mol. The number of rotatable bonds is 2. The average Bonchev–Trinajstić information content (AvgIpc) is 2.28. The molecule has 2 nitrogen and oxygen atoms in total. The zero-order chi connectivity index (χ0) is 14.1. The normalized spacial score (nSPS) is 31.2. The molecule has 1 aliphatic carbocycles. The molecule has 0 aromatic rings. The van der Waals surface area contributed by atoms with Crippen molar-refractivity contribution in [3.63, 3.8) is 0 Å². The Bertz CT molecular complexity index is 498. The molecule has 0 aliphatic heterocycles. The molecule has 4 atom stereocenters. The Hall–Kier alpha value is -0.380. The molecule has 1 rings (SSSR count). The highest BCUT2D eigenvalue weighted by molar-refractivity contribution is 8.01. The lowest BCUT2D eigenvalue weighted by Crippen LogP contribution is -2.41. The summed E-state index contributed by atoms with van der Waals surface area (Å²) in [7, 11) is -10.8. The van der Waals surface area contributed by atoms with Gasteiger partial charge >= 0.3 is 10.7 Å². The van der Waals surface area contributed by atoms with Crippen LogP contribution in [-0.2, 0) is 19.8 Å². The number of halogens is 6. The topological polar surface area (TPSA) is 34.1 Å². The van der Waals surface area contributed by atoms with Crippen LogP contribution >= 0.6 is 0 Å². The van der Waals surface area contributed by atoms with Gasteiger partial charge in [0.15, 0.2) is 19.8 Å². The molecule has 0 aromatic carbocycles. The highest BCUT2D eigenvalue weighted by Crippen LogP contribution is 2.33. The minimum atomic E-state index is -5.40. The Morgan fingerprint density at radius 2 is 1.06 bits per heavy atom. The van der Waals surface area contributed by atoms with Crippen molar-refractivity contribution in [2.75, 3.05) is 0 Å². The van der Waals surface area contributed by atoms with E-state index >= 15 is 0 Å². The van der Waals surface area contributed by atoms with Crippen LogP contribution in [0.2, 0.25) is 0 Å². The highest BCUT2D eigenvalue weighted by Gasteiger charge is 2.43. The maximum Gasteiger partial charge on any atom is 0.351 e. The third-order valence-electron chi connectivity index (χ3n) is 2.84. The van der Waals surface area contributed by atoms with Gasteiger partial charge in [0.25, 0.3) is 0 Å². The molecule has 0 aromatic heterocycles. The van der Waals surface area contributed by atoms with E-state index in [1.165, 1.54) is 0 Å². The van der Waals surface area contributed by atoms with E-state index in [2.05, 4.69) is 0 Å². The lowest BCUT2D eigenvalue weighted by molar-refractivity contribution is 0.477. The van der Waals surface area contributed by atoms with Crippen molar-refractivity contribution in [2.24, 2.45) is 0 Å². The second-order valence-corrected chi connectivity index (χ2v) is 7.80. The minimum absolute atomic E-state index is 0.138. The summed E-state index contributed by atoms with van der Waals surface area (Å²) in [6, 6.07) is 0. The molecule has 1 saturated carbocycles. The van der Waals surface area contributed by atoms with Gasteiger partial charge in [0.1, 0.15) is 0 Å². The van der Waals surface area contributed by atoms with E-state index in [0.29, 0.717) is 0 Å². The maximum atomic E-state index is 13.3. The van der Waals surface area contributed by atoms with Gasteiger partial charge < -0.3 is 0 Å². The van der Waals surface area contributed by atoms with Gasteiger partial charge in [-0.05, 0) is 12.8 Å². The van der Waals surface area contributed by atoms with Gasteiger partial charge in [0, 0.05) is 0 Å². The summed E-state index contributed by atoms with van der Waals surface area (Å²) in [6.07, 6.45) is -0.658. The molecule has 0 bridgehead atoms. The summed E-state index contributed by atoms with van der Waals surface area (Å²) < 4.78 is 97.8. The molecule has 18 heavy (non-hydrogen) atoms. The Balaban J connectivity index is 3.37. The standard InChI is InChI=1S/C8H10F6O2S2/c9-7(10)17(13,15)5-3-1-2-4-6(5)18(14,16)8(11)12/h5-6H,1-4H2. The average molecular weight is 316 g/mol. The van der Waals surface area contributed by atoms with Crippen molar-refractivity contribution < 1.29 is 33.8 Å². The van der Waals surface area contributed by atoms with Crippen LogP contribution in [0.3, 0.4) is 0 Å². The van der Waals surface area contributed by atoms with Crippen molar-refractivity contribution in [2.45, 2.75) is 36.2 Å². The SMILES string of the molecule is O=S(F)(=C(F)F)C1CCCCC1S(=O)(F)=C(F)F.